The second-order valence-corrected chi connectivity index (χ2v) is 5.68. The van der Waals surface area contributed by atoms with E-state index in [2.05, 4.69) is 15.9 Å². The van der Waals surface area contributed by atoms with Crippen molar-refractivity contribution in [2.45, 2.75) is 25.3 Å². The number of carbonyl (C=O) groups is 2. The molecule has 0 spiro atoms. The van der Waals surface area contributed by atoms with Gasteiger partial charge in [0, 0.05) is 16.7 Å². The SMILES string of the molecule is COC(=O)C1CCCCN1C(=O)c1ccc(Br)cc1N. The Morgan fingerprint density at radius 3 is 2.80 bits per heavy atom. The molecule has 20 heavy (non-hydrogen) atoms. The molecule has 1 saturated heterocycles. The van der Waals surface area contributed by atoms with Crippen LogP contribution in [0.4, 0.5) is 5.69 Å². The lowest BCUT2D eigenvalue weighted by Crippen LogP contribution is -2.48. The minimum Gasteiger partial charge on any atom is -0.467 e. The van der Waals surface area contributed by atoms with Crippen molar-refractivity contribution in [2.24, 2.45) is 0 Å². The van der Waals surface area contributed by atoms with E-state index in [-0.39, 0.29) is 11.9 Å². The number of anilines is 1. The van der Waals surface area contributed by atoms with E-state index in [1.165, 1.54) is 7.11 Å². The predicted octanol–water partition coefficient (Wildman–Crippen LogP) is 2.20. The van der Waals surface area contributed by atoms with E-state index >= 15 is 0 Å². The van der Waals surface area contributed by atoms with Crippen LogP contribution >= 0.6 is 15.9 Å². The van der Waals surface area contributed by atoms with Crippen molar-refractivity contribution in [2.75, 3.05) is 19.4 Å². The predicted molar refractivity (Wildman–Crippen MR) is 79.2 cm³/mol. The molecule has 6 heteroatoms. The van der Waals surface area contributed by atoms with Gasteiger partial charge in [0.15, 0.2) is 0 Å². The number of halogens is 1. The molecule has 1 fully saturated rings. The molecule has 1 aliphatic rings. The van der Waals surface area contributed by atoms with Crippen molar-refractivity contribution in [1.82, 2.24) is 4.90 Å². The third kappa shape index (κ3) is 2.95. The highest BCUT2D eigenvalue weighted by Gasteiger charge is 2.33. The molecule has 1 aromatic rings. The van der Waals surface area contributed by atoms with Crippen LogP contribution in [0.1, 0.15) is 29.6 Å². The zero-order valence-corrected chi connectivity index (χ0v) is 12.9. The molecular formula is C14H17BrN2O3. The number of benzene rings is 1. The lowest BCUT2D eigenvalue weighted by molar-refractivity contribution is -0.147. The summed E-state index contributed by atoms with van der Waals surface area (Å²) in [5.74, 6) is -0.584. The summed E-state index contributed by atoms with van der Waals surface area (Å²) in [6.07, 6.45) is 2.43. The summed E-state index contributed by atoms with van der Waals surface area (Å²) in [5, 5.41) is 0. The fourth-order valence-electron chi connectivity index (χ4n) is 2.44. The van der Waals surface area contributed by atoms with E-state index in [1.807, 2.05) is 0 Å². The van der Waals surface area contributed by atoms with Crippen molar-refractivity contribution in [3.05, 3.63) is 28.2 Å². The second-order valence-electron chi connectivity index (χ2n) is 4.76. The Balaban J connectivity index is 2.27. The third-order valence-electron chi connectivity index (χ3n) is 3.48. The molecule has 1 heterocycles. The van der Waals surface area contributed by atoms with E-state index in [4.69, 9.17) is 10.5 Å². The Morgan fingerprint density at radius 1 is 1.40 bits per heavy atom. The first kappa shape index (κ1) is 14.8. The fourth-order valence-corrected chi connectivity index (χ4v) is 2.82. The van der Waals surface area contributed by atoms with Crippen LogP contribution in [0.5, 0.6) is 0 Å². The summed E-state index contributed by atoms with van der Waals surface area (Å²) >= 11 is 3.31. The van der Waals surface area contributed by atoms with Gasteiger partial charge in [0.25, 0.3) is 5.91 Å². The molecule has 1 amide bonds. The maximum atomic E-state index is 12.6. The average Bonchev–Trinajstić information content (AvgIpc) is 2.46. The lowest BCUT2D eigenvalue weighted by atomic mass is 10.0. The van der Waals surface area contributed by atoms with Gasteiger partial charge in [-0.2, -0.15) is 0 Å². The monoisotopic (exact) mass is 340 g/mol. The van der Waals surface area contributed by atoms with E-state index in [0.29, 0.717) is 24.2 Å². The smallest absolute Gasteiger partial charge is 0.328 e. The number of hydrogen-bond acceptors (Lipinski definition) is 4. The summed E-state index contributed by atoms with van der Waals surface area (Å²) < 4.78 is 5.60. The lowest BCUT2D eigenvalue weighted by Gasteiger charge is -2.34. The molecule has 0 radical (unpaired) electrons. The van der Waals surface area contributed by atoms with Gasteiger partial charge in [0.1, 0.15) is 6.04 Å². The second kappa shape index (κ2) is 6.26. The zero-order valence-electron chi connectivity index (χ0n) is 11.3. The van der Waals surface area contributed by atoms with Crippen LogP contribution in [0.2, 0.25) is 0 Å². The van der Waals surface area contributed by atoms with Gasteiger partial charge in [0.2, 0.25) is 0 Å². The van der Waals surface area contributed by atoms with Gasteiger partial charge < -0.3 is 15.4 Å². The first-order chi connectivity index (χ1) is 9.54. The van der Waals surface area contributed by atoms with E-state index in [1.54, 1.807) is 23.1 Å². The van der Waals surface area contributed by atoms with Crippen molar-refractivity contribution < 1.29 is 14.3 Å². The van der Waals surface area contributed by atoms with Crippen molar-refractivity contribution in [3.8, 4) is 0 Å². The van der Waals surface area contributed by atoms with Gasteiger partial charge >= 0.3 is 5.97 Å². The molecule has 1 aliphatic heterocycles. The Bertz CT molecular complexity index is 533. The van der Waals surface area contributed by atoms with Crippen LogP contribution in [-0.4, -0.2) is 36.5 Å². The van der Waals surface area contributed by atoms with Crippen LogP contribution in [0.3, 0.4) is 0 Å². The van der Waals surface area contributed by atoms with Crippen LogP contribution in [0, 0.1) is 0 Å². The maximum absolute atomic E-state index is 12.6. The minimum absolute atomic E-state index is 0.217. The number of methoxy groups -OCH3 is 1. The van der Waals surface area contributed by atoms with E-state index in [9.17, 15) is 9.59 Å². The topological polar surface area (TPSA) is 72.6 Å². The highest BCUT2D eigenvalue weighted by Crippen LogP contribution is 2.24. The van der Waals surface area contributed by atoms with Crippen LogP contribution in [0.25, 0.3) is 0 Å². The van der Waals surface area contributed by atoms with E-state index in [0.717, 1.165) is 17.3 Å². The van der Waals surface area contributed by atoms with Crippen LogP contribution < -0.4 is 5.73 Å². The Kier molecular flexibility index (Phi) is 4.65. The quantitative estimate of drug-likeness (QED) is 0.661. The third-order valence-corrected chi connectivity index (χ3v) is 3.97. The van der Waals surface area contributed by atoms with Gasteiger partial charge in [0.05, 0.1) is 12.7 Å². The first-order valence-electron chi connectivity index (χ1n) is 6.48. The Hall–Kier alpha value is -1.56. The number of nitrogen functional groups attached to an aromatic ring is 1. The van der Waals surface area contributed by atoms with Crippen molar-refractivity contribution in [1.29, 1.82) is 0 Å². The molecule has 2 N–H and O–H groups in total. The molecule has 2 rings (SSSR count). The summed E-state index contributed by atoms with van der Waals surface area (Å²) in [6.45, 7) is 0.550. The molecule has 1 atom stereocenters. The largest absolute Gasteiger partial charge is 0.467 e. The molecule has 108 valence electrons. The highest BCUT2D eigenvalue weighted by atomic mass is 79.9. The molecular weight excluding hydrogens is 324 g/mol. The molecule has 1 aromatic carbocycles. The summed E-state index contributed by atoms with van der Waals surface area (Å²) in [7, 11) is 1.34. The number of likely N-dealkylation sites (tertiary alicyclic amines) is 1. The molecule has 0 aromatic heterocycles. The molecule has 0 aliphatic carbocycles. The fraction of sp³-hybridized carbons (Fsp3) is 0.429. The number of esters is 1. The highest BCUT2D eigenvalue weighted by molar-refractivity contribution is 9.10. The summed E-state index contributed by atoms with van der Waals surface area (Å²) in [5.41, 5.74) is 6.71. The summed E-state index contributed by atoms with van der Waals surface area (Å²) in [6, 6.07) is 4.61. The number of rotatable bonds is 2. The van der Waals surface area contributed by atoms with Crippen molar-refractivity contribution in [3.63, 3.8) is 0 Å². The van der Waals surface area contributed by atoms with E-state index < -0.39 is 6.04 Å². The molecule has 5 nitrogen and oxygen atoms in total. The first-order valence-corrected chi connectivity index (χ1v) is 7.27. The average molecular weight is 341 g/mol. The van der Waals surface area contributed by atoms with Crippen LogP contribution in [-0.2, 0) is 9.53 Å². The Labute approximate surface area is 126 Å². The number of ether oxygens (including phenoxy) is 1. The van der Waals surface area contributed by atoms with Crippen LogP contribution in [0.15, 0.2) is 22.7 Å². The number of piperidine rings is 1. The van der Waals surface area contributed by atoms with Crippen molar-refractivity contribution >= 4 is 33.5 Å². The standard InChI is InChI=1S/C14H17BrN2O3/c1-20-14(19)12-4-2-3-7-17(12)13(18)10-6-5-9(15)8-11(10)16/h5-6,8,12H,2-4,7,16H2,1H3. The van der Waals surface area contributed by atoms with Gasteiger partial charge in [-0.15, -0.1) is 0 Å². The molecule has 0 saturated carbocycles. The van der Waals surface area contributed by atoms with Gasteiger partial charge in [-0.3, -0.25) is 4.79 Å². The number of nitrogens with zero attached hydrogens (tertiary/aromatic N) is 1. The molecule has 1 unspecified atom stereocenters. The van der Waals surface area contributed by atoms with Gasteiger partial charge in [-0.1, -0.05) is 15.9 Å². The number of amides is 1. The minimum atomic E-state index is -0.510. The maximum Gasteiger partial charge on any atom is 0.328 e. The normalized spacial score (nSPS) is 18.7. The Morgan fingerprint density at radius 2 is 2.15 bits per heavy atom. The zero-order chi connectivity index (χ0) is 14.7. The summed E-state index contributed by atoms with van der Waals surface area (Å²) in [4.78, 5) is 25.9. The van der Waals surface area contributed by atoms with Gasteiger partial charge in [-0.25, -0.2) is 4.79 Å². The van der Waals surface area contributed by atoms with Gasteiger partial charge in [-0.05, 0) is 37.5 Å². The molecule has 0 bridgehead atoms. The number of hydrogen-bond donors (Lipinski definition) is 1. The number of nitrogens with two attached hydrogens (primary N) is 1. The number of carbonyl (C=O) groups excluding carboxylic acids is 2.